The Kier molecular flexibility index (Phi) is 3.30. The van der Waals surface area contributed by atoms with Crippen LogP contribution in [-0.4, -0.2) is 17.1 Å². The predicted octanol–water partition coefficient (Wildman–Crippen LogP) is 2.19. The number of hydrogen-bond acceptors (Lipinski definition) is 2. The lowest BCUT2D eigenvalue weighted by atomic mass is 9.92. The van der Waals surface area contributed by atoms with Crippen molar-refractivity contribution in [1.29, 1.82) is 0 Å². The van der Waals surface area contributed by atoms with Gasteiger partial charge in [0.25, 0.3) is 0 Å². The van der Waals surface area contributed by atoms with Crippen molar-refractivity contribution < 1.29 is 23.1 Å². The summed E-state index contributed by atoms with van der Waals surface area (Å²) in [6.45, 7) is 0.275. The molecule has 2 N–H and O–H groups in total. The zero-order valence-electron chi connectivity index (χ0n) is 9.42. The summed E-state index contributed by atoms with van der Waals surface area (Å²) in [4.78, 5) is 10.6. The van der Waals surface area contributed by atoms with Gasteiger partial charge in [-0.2, -0.15) is 13.2 Å². The number of alkyl halides is 3. The fourth-order valence-electron chi connectivity index (χ4n) is 2.11. The van der Waals surface area contributed by atoms with E-state index in [1.807, 2.05) is 0 Å². The molecule has 2 rings (SSSR count). The lowest BCUT2D eigenvalue weighted by Crippen LogP contribution is -2.37. The van der Waals surface area contributed by atoms with Crippen molar-refractivity contribution in [3.8, 4) is 0 Å². The van der Waals surface area contributed by atoms with Crippen LogP contribution in [0.4, 0.5) is 13.2 Å². The van der Waals surface area contributed by atoms with Gasteiger partial charge in [0.2, 0.25) is 0 Å². The van der Waals surface area contributed by atoms with Crippen molar-refractivity contribution in [2.75, 3.05) is 0 Å². The molecule has 6 heteroatoms. The highest BCUT2D eigenvalue weighted by Crippen LogP contribution is 2.31. The molecule has 0 radical (unpaired) electrons. The van der Waals surface area contributed by atoms with Crippen LogP contribution in [0, 0.1) is 0 Å². The smallest absolute Gasteiger partial charge is 0.416 e. The fourth-order valence-corrected chi connectivity index (χ4v) is 2.11. The molecule has 1 atom stereocenters. The Labute approximate surface area is 102 Å². The summed E-state index contributed by atoms with van der Waals surface area (Å²) in [5.74, 6) is -0.914. The third-order valence-electron chi connectivity index (χ3n) is 3.00. The van der Waals surface area contributed by atoms with Gasteiger partial charge in [-0.05, 0) is 29.7 Å². The molecule has 0 bridgehead atoms. The van der Waals surface area contributed by atoms with E-state index in [0.717, 1.165) is 17.7 Å². The lowest BCUT2D eigenvalue weighted by Gasteiger charge is -2.25. The van der Waals surface area contributed by atoms with Crippen LogP contribution < -0.4 is 5.32 Å². The van der Waals surface area contributed by atoms with E-state index in [1.165, 1.54) is 6.07 Å². The van der Waals surface area contributed by atoms with E-state index in [-0.39, 0.29) is 19.0 Å². The van der Waals surface area contributed by atoms with Gasteiger partial charge in [0, 0.05) is 12.6 Å². The van der Waals surface area contributed by atoms with E-state index in [1.54, 1.807) is 0 Å². The third kappa shape index (κ3) is 2.81. The van der Waals surface area contributed by atoms with E-state index in [9.17, 15) is 18.0 Å². The van der Waals surface area contributed by atoms with Crippen LogP contribution in [0.25, 0.3) is 0 Å². The van der Waals surface area contributed by atoms with Gasteiger partial charge in [0.15, 0.2) is 0 Å². The highest BCUT2D eigenvalue weighted by atomic mass is 19.4. The van der Waals surface area contributed by atoms with Crippen molar-refractivity contribution in [3.63, 3.8) is 0 Å². The molecule has 98 valence electrons. The Morgan fingerprint density at radius 1 is 1.39 bits per heavy atom. The minimum atomic E-state index is -4.34. The number of fused-ring (bicyclic) bond motifs is 1. The van der Waals surface area contributed by atoms with Gasteiger partial charge in [0.05, 0.1) is 12.0 Å². The summed E-state index contributed by atoms with van der Waals surface area (Å²) in [5.41, 5.74) is 0.708. The lowest BCUT2D eigenvalue weighted by molar-refractivity contribution is -0.138. The second-order valence-corrected chi connectivity index (χ2v) is 4.36. The molecule has 1 heterocycles. The van der Waals surface area contributed by atoms with Crippen LogP contribution in [0.5, 0.6) is 0 Å². The maximum Gasteiger partial charge on any atom is 0.416 e. The van der Waals surface area contributed by atoms with Crippen LogP contribution in [0.3, 0.4) is 0 Å². The van der Waals surface area contributed by atoms with E-state index in [0.29, 0.717) is 12.0 Å². The van der Waals surface area contributed by atoms with Crippen molar-refractivity contribution in [1.82, 2.24) is 5.32 Å². The Morgan fingerprint density at radius 2 is 2.11 bits per heavy atom. The van der Waals surface area contributed by atoms with Crippen molar-refractivity contribution in [2.24, 2.45) is 0 Å². The highest BCUT2D eigenvalue weighted by Gasteiger charge is 2.31. The largest absolute Gasteiger partial charge is 0.481 e. The maximum absolute atomic E-state index is 12.5. The van der Waals surface area contributed by atoms with Gasteiger partial charge in [-0.25, -0.2) is 0 Å². The summed E-state index contributed by atoms with van der Waals surface area (Å²) in [6.07, 6.45) is -3.92. The monoisotopic (exact) mass is 259 g/mol. The Bertz CT molecular complexity index is 471. The summed E-state index contributed by atoms with van der Waals surface area (Å²) < 4.78 is 37.5. The standard InChI is InChI=1S/C12H12F3NO2/c13-12(14,15)9-2-1-7-4-10(5-11(17)18)16-6-8(7)3-9/h1-3,10,16H,4-6H2,(H,17,18). The number of carbonyl (C=O) groups is 1. The van der Waals surface area contributed by atoms with Gasteiger partial charge in [-0.15, -0.1) is 0 Å². The molecular formula is C12H12F3NO2. The average Bonchev–Trinajstić information content (AvgIpc) is 2.26. The molecule has 0 amide bonds. The van der Waals surface area contributed by atoms with E-state index < -0.39 is 17.7 Å². The van der Waals surface area contributed by atoms with Gasteiger partial charge in [-0.3, -0.25) is 4.79 Å². The molecule has 0 aromatic heterocycles. The molecule has 3 nitrogen and oxygen atoms in total. The summed E-state index contributed by atoms with van der Waals surface area (Å²) in [5, 5.41) is 11.6. The molecule has 0 saturated carbocycles. The first kappa shape index (κ1) is 12.9. The minimum absolute atomic E-state index is 0.0273. The number of halogens is 3. The second-order valence-electron chi connectivity index (χ2n) is 4.36. The van der Waals surface area contributed by atoms with E-state index >= 15 is 0 Å². The van der Waals surface area contributed by atoms with Crippen LogP contribution in [-0.2, 0) is 23.9 Å². The molecule has 0 saturated heterocycles. The van der Waals surface area contributed by atoms with Gasteiger partial charge in [-0.1, -0.05) is 6.07 Å². The Hall–Kier alpha value is -1.56. The number of rotatable bonds is 2. The zero-order valence-corrected chi connectivity index (χ0v) is 9.42. The topological polar surface area (TPSA) is 49.3 Å². The van der Waals surface area contributed by atoms with Crippen LogP contribution in [0.15, 0.2) is 18.2 Å². The molecule has 1 aliphatic heterocycles. The van der Waals surface area contributed by atoms with Crippen LogP contribution in [0.1, 0.15) is 23.1 Å². The molecular weight excluding hydrogens is 247 g/mol. The Morgan fingerprint density at radius 3 is 2.72 bits per heavy atom. The molecule has 1 unspecified atom stereocenters. The maximum atomic E-state index is 12.5. The third-order valence-corrected chi connectivity index (χ3v) is 3.00. The SMILES string of the molecule is O=C(O)CC1Cc2ccc(C(F)(F)F)cc2CN1. The van der Waals surface area contributed by atoms with E-state index in [2.05, 4.69) is 5.32 Å². The molecule has 18 heavy (non-hydrogen) atoms. The molecule has 0 spiro atoms. The first-order valence-corrected chi connectivity index (χ1v) is 5.50. The molecule has 1 aliphatic rings. The van der Waals surface area contributed by atoms with Crippen molar-refractivity contribution >= 4 is 5.97 Å². The van der Waals surface area contributed by atoms with Gasteiger partial charge in [0.1, 0.15) is 0 Å². The molecule has 0 aliphatic carbocycles. The fraction of sp³-hybridized carbons (Fsp3) is 0.417. The van der Waals surface area contributed by atoms with Crippen molar-refractivity contribution in [3.05, 3.63) is 34.9 Å². The average molecular weight is 259 g/mol. The zero-order chi connectivity index (χ0) is 13.3. The predicted molar refractivity (Wildman–Crippen MR) is 58.0 cm³/mol. The second kappa shape index (κ2) is 4.61. The number of benzene rings is 1. The number of nitrogens with one attached hydrogen (secondary N) is 1. The molecule has 0 fully saturated rings. The van der Waals surface area contributed by atoms with Gasteiger partial charge < -0.3 is 10.4 Å². The first-order valence-electron chi connectivity index (χ1n) is 5.50. The van der Waals surface area contributed by atoms with Crippen LogP contribution >= 0.6 is 0 Å². The number of aliphatic carboxylic acids is 1. The summed E-state index contributed by atoms with van der Waals surface area (Å²) in [6, 6.07) is 3.39. The quantitative estimate of drug-likeness (QED) is 0.856. The molecule has 1 aromatic carbocycles. The molecule has 1 aromatic rings. The van der Waals surface area contributed by atoms with Crippen molar-refractivity contribution in [2.45, 2.75) is 31.6 Å². The number of hydrogen-bond donors (Lipinski definition) is 2. The van der Waals surface area contributed by atoms with Gasteiger partial charge >= 0.3 is 12.1 Å². The highest BCUT2D eigenvalue weighted by molar-refractivity contribution is 5.67. The van der Waals surface area contributed by atoms with Crippen LogP contribution in [0.2, 0.25) is 0 Å². The minimum Gasteiger partial charge on any atom is -0.481 e. The summed E-state index contributed by atoms with van der Waals surface area (Å²) in [7, 11) is 0. The number of carboxylic acids is 1. The summed E-state index contributed by atoms with van der Waals surface area (Å²) >= 11 is 0. The number of carboxylic acid groups (broad SMARTS) is 1. The normalized spacial score (nSPS) is 19.4. The first-order chi connectivity index (χ1) is 8.36. The Balaban J connectivity index is 2.18. The van der Waals surface area contributed by atoms with E-state index in [4.69, 9.17) is 5.11 Å².